The molecule has 13 heteroatoms. The summed E-state index contributed by atoms with van der Waals surface area (Å²) in [4.78, 5) is 25.1. The fraction of sp³-hybridized carbons (Fsp3) is 0.359. The van der Waals surface area contributed by atoms with E-state index in [2.05, 4.69) is 39.2 Å². The number of methoxy groups -OCH3 is 1. The van der Waals surface area contributed by atoms with Crippen LogP contribution in [-0.2, 0) is 37.0 Å². The first-order chi connectivity index (χ1) is 24.5. The van der Waals surface area contributed by atoms with Crippen molar-refractivity contribution < 1.29 is 32.0 Å². The maximum atomic E-state index is 14.6. The van der Waals surface area contributed by atoms with Crippen LogP contribution in [0, 0.1) is 17.0 Å². The van der Waals surface area contributed by atoms with E-state index in [9.17, 15) is 23.3 Å². The molecule has 0 bridgehead atoms. The molecule has 0 radical (unpaired) electrons. The molecule has 0 unspecified atom stereocenters. The second-order valence-electron chi connectivity index (χ2n) is 14.2. The first-order valence-corrected chi connectivity index (χ1v) is 21.4. The van der Waals surface area contributed by atoms with Gasteiger partial charge in [0, 0.05) is 12.6 Å². The molecule has 1 N–H and O–H groups in total. The van der Waals surface area contributed by atoms with Gasteiger partial charge in [0.25, 0.3) is 5.69 Å². The molecule has 0 amide bonds. The van der Waals surface area contributed by atoms with Gasteiger partial charge in [-0.15, -0.1) is 0 Å². The van der Waals surface area contributed by atoms with Gasteiger partial charge in [-0.3, -0.25) is 14.9 Å². The first kappa shape index (κ1) is 40.2. The SMILES string of the molecule is COC(=O)[C@H](Cc1ccc(OCc2ccccc2)cc1)N(C[C@H](CO[Si](C)(C)C(C)(C)C)Nc1ccccc1[N+](=O)[O-])S(=O)(=O)c1ccc(C)cc1. The lowest BCUT2D eigenvalue weighted by atomic mass is 10.1. The van der Waals surface area contributed by atoms with E-state index in [1.165, 1.54) is 25.3 Å². The molecule has 0 saturated heterocycles. The van der Waals surface area contributed by atoms with Crippen LogP contribution in [0.4, 0.5) is 11.4 Å². The zero-order valence-corrected chi connectivity index (χ0v) is 32.7. The predicted molar refractivity (Wildman–Crippen MR) is 205 cm³/mol. The van der Waals surface area contributed by atoms with E-state index in [0.29, 0.717) is 17.9 Å². The Kier molecular flexibility index (Phi) is 13.4. The molecule has 0 aliphatic rings. The van der Waals surface area contributed by atoms with Crippen molar-refractivity contribution in [3.05, 3.63) is 130 Å². The van der Waals surface area contributed by atoms with Crippen molar-refractivity contribution in [1.29, 1.82) is 0 Å². The number of ether oxygens (including phenoxy) is 2. The largest absolute Gasteiger partial charge is 0.489 e. The Labute approximate surface area is 308 Å². The molecule has 0 aliphatic carbocycles. The number of nitrogens with zero attached hydrogens (tertiary/aromatic N) is 2. The lowest BCUT2D eigenvalue weighted by molar-refractivity contribution is -0.384. The van der Waals surface area contributed by atoms with E-state index in [0.717, 1.165) is 15.4 Å². The zero-order chi connectivity index (χ0) is 38.1. The highest BCUT2D eigenvalue weighted by Gasteiger charge is 2.41. The number of hydrogen-bond donors (Lipinski definition) is 1. The van der Waals surface area contributed by atoms with E-state index in [1.54, 1.807) is 54.6 Å². The highest BCUT2D eigenvalue weighted by atomic mass is 32.2. The van der Waals surface area contributed by atoms with Crippen LogP contribution in [0.1, 0.15) is 37.5 Å². The number of nitro benzene ring substituents is 1. The molecule has 52 heavy (non-hydrogen) atoms. The van der Waals surface area contributed by atoms with Gasteiger partial charge in [0.15, 0.2) is 8.32 Å². The van der Waals surface area contributed by atoms with Crippen molar-refractivity contribution in [3.8, 4) is 5.75 Å². The highest BCUT2D eigenvalue weighted by Crippen LogP contribution is 2.37. The Balaban J connectivity index is 1.75. The van der Waals surface area contributed by atoms with Crippen molar-refractivity contribution in [2.24, 2.45) is 0 Å². The van der Waals surface area contributed by atoms with Crippen LogP contribution in [0.5, 0.6) is 5.75 Å². The lowest BCUT2D eigenvalue weighted by Gasteiger charge is -2.38. The lowest BCUT2D eigenvalue weighted by Crippen LogP contribution is -2.53. The number of aryl methyl sites for hydroxylation is 1. The molecular weight excluding hydrogens is 699 g/mol. The zero-order valence-electron chi connectivity index (χ0n) is 30.9. The van der Waals surface area contributed by atoms with Crippen LogP contribution < -0.4 is 10.1 Å². The van der Waals surface area contributed by atoms with Gasteiger partial charge in [-0.2, -0.15) is 4.31 Å². The third-order valence-electron chi connectivity index (χ3n) is 9.36. The first-order valence-electron chi connectivity index (χ1n) is 17.1. The Morgan fingerprint density at radius 3 is 2.12 bits per heavy atom. The van der Waals surface area contributed by atoms with Crippen LogP contribution in [-0.4, -0.2) is 64.3 Å². The van der Waals surface area contributed by atoms with Crippen LogP contribution in [0.25, 0.3) is 0 Å². The number of benzene rings is 4. The number of para-hydroxylation sites is 2. The predicted octanol–water partition coefficient (Wildman–Crippen LogP) is 7.76. The summed E-state index contributed by atoms with van der Waals surface area (Å²) in [6, 6.07) is 27.3. The van der Waals surface area contributed by atoms with Gasteiger partial charge in [0.2, 0.25) is 10.0 Å². The summed E-state index contributed by atoms with van der Waals surface area (Å²) in [5.74, 6) is -0.141. The Bertz CT molecular complexity index is 1900. The monoisotopic (exact) mass is 747 g/mol. The molecule has 2 atom stereocenters. The molecule has 0 aromatic heterocycles. The Morgan fingerprint density at radius 1 is 0.904 bits per heavy atom. The van der Waals surface area contributed by atoms with Crippen molar-refractivity contribution in [2.45, 2.75) is 75.8 Å². The number of carbonyl (C=O) groups excluding carboxylic acids is 1. The minimum Gasteiger partial charge on any atom is -0.489 e. The van der Waals surface area contributed by atoms with Gasteiger partial charge in [0.1, 0.15) is 24.1 Å². The summed E-state index contributed by atoms with van der Waals surface area (Å²) in [6.07, 6.45) is -0.0158. The average molecular weight is 748 g/mol. The number of esters is 1. The van der Waals surface area contributed by atoms with E-state index < -0.39 is 41.3 Å². The van der Waals surface area contributed by atoms with Gasteiger partial charge >= 0.3 is 5.97 Å². The standard InChI is InChI=1S/C39H49N3O8SSi/c1-29-17-23-34(24-18-29)51(46,47)41(26-32(28-50-52(6,7)39(2,3)4)40-35-15-11-12-16-36(35)42(44)45)37(38(43)48-5)25-30-19-21-33(22-20-30)49-27-31-13-9-8-10-14-31/h8-24,32,37,40H,25-28H2,1-7H3/t32-,37+/m1/s1. The summed E-state index contributed by atoms with van der Waals surface area (Å²) < 4.78 is 48.1. The third kappa shape index (κ3) is 10.5. The van der Waals surface area contributed by atoms with Crippen molar-refractivity contribution in [3.63, 3.8) is 0 Å². The van der Waals surface area contributed by atoms with Crippen molar-refractivity contribution in [2.75, 3.05) is 25.6 Å². The maximum absolute atomic E-state index is 14.6. The maximum Gasteiger partial charge on any atom is 0.324 e. The normalized spacial score (nSPS) is 13.3. The van der Waals surface area contributed by atoms with Gasteiger partial charge in [-0.25, -0.2) is 8.42 Å². The summed E-state index contributed by atoms with van der Waals surface area (Å²) in [6.45, 7) is 12.4. The van der Waals surface area contributed by atoms with E-state index in [1.807, 2.05) is 37.3 Å². The molecule has 0 fully saturated rings. The quantitative estimate of drug-likeness (QED) is 0.0497. The van der Waals surface area contributed by atoms with Gasteiger partial charge in [0.05, 0.1) is 29.6 Å². The smallest absolute Gasteiger partial charge is 0.324 e. The molecule has 4 aromatic carbocycles. The third-order valence-corrected chi connectivity index (χ3v) is 15.8. The molecular formula is C39H49N3O8SSi. The van der Waals surface area contributed by atoms with Crippen molar-refractivity contribution >= 4 is 35.7 Å². The van der Waals surface area contributed by atoms with Gasteiger partial charge in [-0.1, -0.05) is 93.1 Å². The summed E-state index contributed by atoms with van der Waals surface area (Å²) >= 11 is 0. The fourth-order valence-electron chi connectivity index (χ4n) is 5.22. The van der Waals surface area contributed by atoms with Gasteiger partial charge in [-0.05, 0) is 72.9 Å². The number of nitro groups is 1. The summed E-state index contributed by atoms with van der Waals surface area (Å²) in [5, 5.41) is 15.0. The van der Waals surface area contributed by atoms with E-state index >= 15 is 0 Å². The number of hydrogen-bond acceptors (Lipinski definition) is 9. The molecule has 0 heterocycles. The number of carbonyl (C=O) groups is 1. The fourth-order valence-corrected chi connectivity index (χ4v) is 7.89. The summed E-state index contributed by atoms with van der Waals surface area (Å²) in [7, 11) is -5.51. The minimum absolute atomic E-state index is 0.00795. The molecule has 0 aliphatic heterocycles. The second-order valence-corrected chi connectivity index (χ2v) is 20.9. The van der Waals surface area contributed by atoms with Crippen molar-refractivity contribution in [1.82, 2.24) is 4.31 Å². The van der Waals surface area contributed by atoms with E-state index in [-0.39, 0.29) is 40.9 Å². The molecule has 4 aromatic rings. The number of nitrogens with one attached hydrogen (secondary N) is 1. The van der Waals surface area contributed by atoms with Crippen LogP contribution >= 0.6 is 0 Å². The second kappa shape index (κ2) is 17.3. The topological polar surface area (TPSA) is 137 Å². The van der Waals surface area contributed by atoms with Gasteiger partial charge < -0.3 is 19.2 Å². The molecule has 4 rings (SSSR count). The molecule has 11 nitrogen and oxygen atoms in total. The minimum atomic E-state index is -4.35. The summed E-state index contributed by atoms with van der Waals surface area (Å²) in [5.41, 5.74) is 2.57. The Hall–Kier alpha value is -4.56. The van der Waals surface area contributed by atoms with E-state index in [4.69, 9.17) is 13.9 Å². The number of anilines is 1. The molecule has 0 saturated carbocycles. The van der Waals surface area contributed by atoms with Crippen LogP contribution in [0.3, 0.4) is 0 Å². The van der Waals surface area contributed by atoms with Crippen LogP contribution in [0.2, 0.25) is 18.1 Å². The van der Waals surface area contributed by atoms with Crippen LogP contribution in [0.15, 0.2) is 108 Å². The number of rotatable bonds is 17. The average Bonchev–Trinajstić information content (AvgIpc) is 3.11. The highest BCUT2D eigenvalue weighted by molar-refractivity contribution is 7.89. The molecule has 278 valence electrons. The molecule has 0 spiro atoms. The Morgan fingerprint density at radius 2 is 1.52 bits per heavy atom. The number of sulfonamides is 1.